The molecule has 0 aromatic rings. The molecule has 0 aromatic carbocycles. The van der Waals surface area contributed by atoms with Crippen LogP contribution in [0, 0.1) is 0 Å². The predicted octanol–water partition coefficient (Wildman–Crippen LogP) is -1.94. The predicted molar refractivity (Wildman–Crippen MR) is 51.2 cm³/mol. The third kappa shape index (κ3) is 2.96. The Morgan fingerprint density at radius 2 is 1.87 bits per heavy atom. The Morgan fingerprint density at radius 1 is 1.40 bits per heavy atom. The van der Waals surface area contributed by atoms with Crippen LogP contribution in [-0.2, 0) is 9.53 Å². The second-order valence-electron chi connectivity index (χ2n) is 3.55. The molecule has 0 amide bonds. The van der Waals surface area contributed by atoms with Gasteiger partial charge in [-0.3, -0.25) is 4.79 Å². The summed E-state index contributed by atoms with van der Waals surface area (Å²) in [6, 6.07) is 0. The molecule has 0 saturated carbocycles. The summed E-state index contributed by atoms with van der Waals surface area (Å²) >= 11 is 0. The van der Waals surface area contributed by atoms with Crippen LogP contribution < -0.4 is 0 Å². The SMILES string of the molecule is CO[C@@](C)(C(C)=O)[C@@H](O)[C@H](O)[C@H](O)CO. The van der Waals surface area contributed by atoms with Crippen LogP contribution in [0.1, 0.15) is 13.8 Å². The highest BCUT2D eigenvalue weighted by atomic mass is 16.5. The summed E-state index contributed by atoms with van der Waals surface area (Å²) in [5.74, 6) is -0.485. The number of ether oxygens (including phenoxy) is 1. The van der Waals surface area contributed by atoms with E-state index < -0.39 is 36.3 Å². The molecule has 0 spiro atoms. The first kappa shape index (κ1) is 14.5. The lowest BCUT2D eigenvalue weighted by molar-refractivity contribution is -0.175. The zero-order chi connectivity index (χ0) is 12.2. The van der Waals surface area contributed by atoms with Gasteiger partial charge in [-0.2, -0.15) is 0 Å². The fourth-order valence-electron chi connectivity index (χ4n) is 1.12. The molecular weight excluding hydrogens is 204 g/mol. The van der Waals surface area contributed by atoms with Gasteiger partial charge < -0.3 is 25.2 Å². The smallest absolute Gasteiger partial charge is 0.164 e. The van der Waals surface area contributed by atoms with E-state index in [-0.39, 0.29) is 0 Å². The van der Waals surface area contributed by atoms with Gasteiger partial charge in [-0.25, -0.2) is 0 Å². The highest BCUT2D eigenvalue weighted by molar-refractivity contribution is 5.85. The zero-order valence-electron chi connectivity index (χ0n) is 9.04. The van der Waals surface area contributed by atoms with Crippen LogP contribution in [0.3, 0.4) is 0 Å². The van der Waals surface area contributed by atoms with E-state index >= 15 is 0 Å². The Hall–Kier alpha value is -0.530. The van der Waals surface area contributed by atoms with Crippen LogP contribution in [0.5, 0.6) is 0 Å². The van der Waals surface area contributed by atoms with E-state index in [0.29, 0.717) is 0 Å². The van der Waals surface area contributed by atoms with Crippen molar-refractivity contribution in [2.75, 3.05) is 13.7 Å². The second kappa shape index (κ2) is 5.53. The number of hydrogen-bond donors (Lipinski definition) is 4. The number of carbonyl (C=O) groups excluding carboxylic acids is 1. The van der Waals surface area contributed by atoms with Gasteiger partial charge in [0.05, 0.1) is 6.61 Å². The van der Waals surface area contributed by atoms with Gasteiger partial charge in [-0.15, -0.1) is 0 Å². The molecule has 0 radical (unpaired) electrons. The van der Waals surface area contributed by atoms with Crippen LogP contribution in [0.4, 0.5) is 0 Å². The zero-order valence-corrected chi connectivity index (χ0v) is 9.04. The quantitative estimate of drug-likeness (QED) is 0.416. The van der Waals surface area contributed by atoms with E-state index in [2.05, 4.69) is 0 Å². The van der Waals surface area contributed by atoms with Gasteiger partial charge in [0.1, 0.15) is 18.3 Å². The van der Waals surface area contributed by atoms with Crippen molar-refractivity contribution in [1.29, 1.82) is 0 Å². The largest absolute Gasteiger partial charge is 0.394 e. The fourth-order valence-corrected chi connectivity index (χ4v) is 1.12. The Morgan fingerprint density at radius 3 is 2.13 bits per heavy atom. The van der Waals surface area contributed by atoms with Crippen LogP contribution in [0.25, 0.3) is 0 Å². The highest BCUT2D eigenvalue weighted by Crippen LogP contribution is 2.20. The molecule has 6 nitrogen and oxygen atoms in total. The third-order valence-electron chi connectivity index (χ3n) is 2.59. The summed E-state index contributed by atoms with van der Waals surface area (Å²) in [5.41, 5.74) is -1.60. The van der Waals surface area contributed by atoms with Crippen LogP contribution in [0.2, 0.25) is 0 Å². The van der Waals surface area contributed by atoms with Crippen molar-refractivity contribution in [2.45, 2.75) is 37.8 Å². The number of methoxy groups -OCH3 is 1. The minimum atomic E-state index is -1.65. The number of rotatable bonds is 6. The van der Waals surface area contributed by atoms with Crippen LogP contribution in [0.15, 0.2) is 0 Å². The Labute approximate surface area is 88.1 Å². The normalized spacial score (nSPS) is 21.5. The standard InChI is InChI=1S/C9H18O6/c1-5(11)9(2,15-3)8(14)7(13)6(12)4-10/h6-8,10,12-14H,4H2,1-3H3/t6-,7-,8+,9+/m1/s1. The number of aliphatic hydroxyl groups is 4. The van der Waals surface area contributed by atoms with Crippen molar-refractivity contribution in [3.05, 3.63) is 0 Å². The fraction of sp³-hybridized carbons (Fsp3) is 0.889. The van der Waals surface area contributed by atoms with Gasteiger partial charge >= 0.3 is 0 Å². The summed E-state index contributed by atoms with van der Waals surface area (Å²) in [6.07, 6.45) is -4.78. The molecule has 0 aliphatic heterocycles. The number of carbonyl (C=O) groups is 1. The summed E-state index contributed by atoms with van der Waals surface area (Å²) in [4.78, 5) is 11.2. The maximum atomic E-state index is 11.2. The van der Waals surface area contributed by atoms with E-state index in [1.165, 1.54) is 21.0 Å². The average molecular weight is 222 g/mol. The lowest BCUT2D eigenvalue weighted by Crippen LogP contribution is -2.56. The van der Waals surface area contributed by atoms with Crippen molar-refractivity contribution < 1.29 is 30.0 Å². The second-order valence-corrected chi connectivity index (χ2v) is 3.55. The molecule has 6 heteroatoms. The number of ketones is 1. The average Bonchev–Trinajstić information content (AvgIpc) is 2.24. The number of Topliss-reactive ketones (excluding diaryl/α,β-unsaturated/α-hetero) is 1. The van der Waals surface area contributed by atoms with Gasteiger partial charge in [0.15, 0.2) is 11.4 Å². The van der Waals surface area contributed by atoms with E-state index in [4.69, 9.17) is 14.9 Å². The Kier molecular flexibility index (Phi) is 5.33. The minimum absolute atomic E-state index is 0.485. The summed E-state index contributed by atoms with van der Waals surface area (Å²) in [6.45, 7) is 1.79. The van der Waals surface area contributed by atoms with Gasteiger partial charge in [0.2, 0.25) is 0 Å². The van der Waals surface area contributed by atoms with Crippen molar-refractivity contribution in [3.8, 4) is 0 Å². The molecule has 15 heavy (non-hydrogen) atoms. The third-order valence-corrected chi connectivity index (χ3v) is 2.59. The van der Waals surface area contributed by atoms with E-state index in [1.807, 2.05) is 0 Å². The van der Waals surface area contributed by atoms with Crippen molar-refractivity contribution >= 4 is 5.78 Å². The van der Waals surface area contributed by atoms with E-state index in [9.17, 15) is 15.0 Å². The van der Waals surface area contributed by atoms with Gasteiger partial charge in [0.25, 0.3) is 0 Å². The topological polar surface area (TPSA) is 107 Å². The van der Waals surface area contributed by atoms with E-state index in [1.54, 1.807) is 0 Å². The Bertz CT molecular complexity index is 219. The molecule has 0 heterocycles. The molecule has 0 aliphatic rings. The molecule has 90 valence electrons. The highest BCUT2D eigenvalue weighted by Gasteiger charge is 2.44. The summed E-state index contributed by atoms with van der Waals surface area (Å²) in [5, 5.41) is 36.7. The molecule has 0 fully saturated rings. The molecule has 0 saturated heterocycles. The Balaban J connectivity index is 4.79. The lowest BCUT2D eigenvalue weighted by atomic mass is 9.88. The van der Waals surface area contributed by atoms with Gasteiger partial charge in [-0.1, -0.05) is 0 Å². The van der Waals surface area contributed by atoms with Crippen molar-refractivity contribution in [1.82, 2.24) is 0 Å². The molecule has 4 atom stereocenters. The minimum Gasteiger partial charge on any atom is -0.394 e. The lowest BCUT2D eigenvalue weighted by Gasteiger charge is -2.34. The summed E-state index contributed by atoms with van der Waals surface area (Å²) in [7, 11) is 1.21. The first-order chi connectivity index (χ1) is 6.81. The van der Waals surface area contributed by atoms with Gasteiger partial charge in [0, 0.05) is 7.11 Å². The summed E-state index contributed by atoms with van der Waals surface area (Å²) < 4.78 is 4.82. The molecule has 0 rings (SSSR count). The molecule has 0 aliphatic carbocycles. The first-order valence-corrected chi connectivity index (χ1v) is 4.52. The molecule has 0 aromatic heterocycles. The maximum Gasteiger partial charge on any atom is 0.164 e. The van der Waals surface area contributed by atoms with E-state index in [0.717, 1.165) is 0 Å². The van der Waals surface area contributed by atoms with Crippen LogP contribution >= 0.6 is 0 Å². The number of hydrogen-bond acceptors (Lipinski definition) is 6. The molecule has 0 bridgehead atoms. The van der Waals surface area contributed by atoms with Crippen molar-refractivity contribution in [3.63, 3.8) is 0 Å². The molecule has 4 N–H and O–H groups in total. The van der Waals surface area contributed by atoms with Gasteiger partial charge in [-0.05, 0) is 13.8 Å². The molecule has 0 unspecified atom stereocenters. The van der Waals surface area contributed by atoms with Crippen LogP contribution in [-0.4, -0.2) is 63.8 Å². The molecular formula is C9H18O6. The number of aliphatic hydroxyl groups excluding tert-OH is 4. The van der Waals surface area contributed by atoms with Crippen molar-refractivity contribution in [2.24, 2.45) is 0 Å². The first-order valence-electron chi connectivity index (χ1n) is 4.52. The maximum absolute atomic E-state index is 11.2. The monoisotopic (exact) mass is 222 g/mol.